The Kier molecular flexibility index (Phi) is 9.33. The van der Waals surface area contributed by atoms with Gasteiger partial charge in [0.05, 0.1) is 65.5 Å². The van der Waals surface area contributed by atoms with E-state index in [1.165, 1.54) is 14.0 Å². The van der Waals surface area contributed by atoms with Crippen molar-refractivity contribution in [2.75, 3.05) is 33.5 Å². The van der Waals surface area contributed by atoms with Crippen molar-refractivity contribution >= 4 is 35.1 Å². The zero-order valence-electron chi connectivity index (χ0n) is 18.0. The molecular formula is C22H26Cl2N2O6. The molecule has 1 heterocycles. The SMILES string of the molecule is CCOC(=O)C1=C(COCC(C)(O)CN)NC(C=C=O)=C(OC)C1c1cccc(Cl)c1Cl. The van der Waals surface area contributed by atoms with Crippen LogP contribution in [0.1, 0.15) is 25.3 Å². The number of hydrogen-bond donors (Lipinski definition) is 3. The molecule has 10 heteroatoms. The molecule has 0 bridgehead atoms. The first-order valence-corrected chi connectivity index (χ1v) is 10.6. The third-order valence-corrected chi connectivity index (χ3v) is 5.57. The number of aliphatic hydroxyl groups is 1. The smallest absolute Gasteiger partial charge is 0.336 e. The molecule has 0 aliphatic carbocycles. The molecule has 1 aromatic rings. The van der Waals surface area contributed by atoms with Crippen LogP contribution < -0.4 is 11.1 Å². The molecule has 174 valence electrons. The molecule has 4 N–H and O–H groups in total. The van der Waals surface area contributed by atoms with E-state index in [-0.39, 0.29) is 53.4 Å². The predicted molar refractivity (Wildman–Crippen MR) is 121 cm³/mol. The number of benzene rings is 1. The van der Waals surface area contributed by atoms with E-state index in [1.54, 1.807) is 31.1 Å². The van der Waals surface area contributed by atoms with Gasteiger partial charge in [-0.2, -0.15) is 0 Å². The maximum Gasteiger partial charge on any atom is 0.336 e. The van der Waals surface area contributed by atoms with E-state index in [2.05, 4.69) is 5.32 Å². The van der Waals surface area contributed by atoms with Crippen molar-refractivity contribution in [3.8, 4) is 0 Å². The first-order chi connectivity index (χ1) is 15.2. The molecule has 1 aliphatic rings. The summed E-state index contributed by atoms with van der Waals surface area (Å²) in [6.45, 7) is 3.11. The van der Waals surface area contributed by atoms with Crippen molar-refractivity contribution in [1.29, 1.82) is 0 Å². The predicted octanol–water partition coefficient (Wildman–Crippen LogP) is 2.47. The number of esters is 1. The molecule has 0 saturated carbocycles. The summed E-state index contributed by atoms with van der Waals surface area (Å²) in [6, 6.07) is 5.00. The second kappa shape index (κ2) is 11.5. The lowest BCUT2D eigenvalue weighted by Crippen LogP contribution is -2.40. The lowest BCUT2D eigenvalue weighted by molar-refractivity contribution is -0.139. The Morgan fingerprint density at radius 3 is 2.72 bits per heavy atom. The minimum absolute atomic E-state index is 0.0161. The highest BCUT2D eigenvalue weighted by Crippen LogP contribution is 2.43. The summed E-state index contributed by atoms with van der Waals surface area (Å²) in [7, 11) is 1.41. The molecular weight excluding hydrogens is 459 g/mol. The minimum Gasteiger partial charge on any atom is -0.498 e. The van der Waals surface area contributed by atoms with Crippen LogP contribution in [0.3, 0.4) is 0 Å². The number of carbonyl (C=O) groups is 1. The molecule has 0 aromatic heterocycles. The molecule has 1 aromatic carbocycles. The largest absolute Gasteiger partial charge is 0.498 e. The Morgan fingerprint density at radius 2 is 2.12 bits per heavy atom. The third kappa shape index (κ3) is 5.92. The highest BCUT2D eigenvalue weighted by atomic mass is 35.5. The summed E-state index contributed by atoms with van der Waals surface area (Å²) in [5.41, 5.74) is 5.50. The average Bonchev–Trinajstić information content (AvgIpc) is 2.75. The summed E-state index contributed by atoms with van der Waals surface area (Å²) in [4.78, 5) is 24.2. The molecule has 32 heavy (non-hydrogen) atoms. The van der Waals surface area contributed by atoms with E-state index < -0.39 is 17.5 Å². The number of allylic oxidation sites excluding steroid dienone is 2. The number of dihydropyridines is 1. The van der Waals surface area contributed by atoms with E-state index in [4.69, 9.17) is 43.1 Å². The Hall–Kier alpha value is -2.32. The van der Waals surface area contributed by atoms with Gasteiger partial charge < -0.3 is 30.4 Å². The summed E-state index contributed by atoms with van der Waals surface area (Å²) in [5.74, 6) is 0.479. The number of nitrogens with two attached hydrogens (primary N) is 1. The number of rotatable bonds is 10. The van der Waals surface area contributed by atoms with Crippen LogP contribution in [0.5, 0.6) is 0 Å². The topological polar surface area (TPSA) is 120 Å². The van der Waals surface area contributed by atoms with E-state index >= 15 is 0 Å². The van der Waals surface area contributed by atoms with Crippen LogP contribution in [0, 0.1) is 0 Å². The minimum atomic E-state index is -1.26. The molecule has 2 unspecified atom stereocenters. The average molecular weight is 485 g/mol. The van der Waals surface area contributed by atoms with Crippen molar-refractivity contribution in [3.63, 3.8) is 0 Å². The zero-order chi connectivity index (χ0) is 23.9. The van der Waals surface area contributed by atoms with Crippen LogP contribution in [0.4, 0.5) is 0 Å². The van der Waals surface area contributed by atoms with Gasteiger partial charge in [0.2, 0.25) is 0 Å². The normalized spacial score (nSPS) is 17.9. The fraction of sp³-hybridized carbons (Fsp3) is 0.409. The lowest BCUT2D eigenvalue weighted by Gasteiger charge is -2.32. The van der Waals surface area contributed by atoms with Gasteiger partial charge in [-0.05, 0) is 25.5 Å². The number of carbonyl (C=O) groups excluding carboxylic acids is 2. The Bertz CT molecular complexity index is 967. The first-order valence-electron chi connectivity index (χ1n) is 9.81. The van der Waals surface area contributed by atoms with Crippen LogP contribution in [-0.4, -0.2) is 56.1 Å². The van der Waals surface area contributed by atoms with Crippen LogP contribution >= 0.6 is 23.2 Å². The van der Waals surface area contributed by atoms with E-state index in [0.29, 0.717) is 11.3 Å². The van der Waals surface area contributed by atoms with E-state index in [0.717, 1.165) is 6.08 Å². The van der Waals surface area contributed by atoms with Gasteiger partial charge >= 0.3 is 5.97 Å². The van der Waals surface area contributed by atoms with Crippen LogP contribution in [0.2, 0.25) is 10.0 Å². The van der Waals surface area contributed by atoms with Gasteiger partial charge in [-0.1, -0.05) is 35.3 Å². The van der Waals surface area contributed by atoms with Crippen molar-refractivity contribution < 1.29 is 28.9 Å². The zero-order valence-corrected chi connectivity index (χ0v) is 19.5. The molecule has 2 atom stereocenters. The van der Waals surface area contributed by atoms with Crippen LogP contribution in [0.25, 0.3) is 0 Å². The number of ether oxygens (including phenoxy) is 3. The lowest BCUT2D eigenvalue weighted by atomic mass is 9.84. The fourth-order valence-corrected chi connectivity index (χ4v) is 3.60. The van der Waals surface area contributed by atoms with Crippen molar-refractivity contribution in [2.24, 2.45) is 5.73 Å². The molecule has 8 nitrogen and oxygen atoms in total. The molecule has 0 fully saturated rings. The molecule has 0 amide bonds. The highest BCUT2D eigenvalue weighted by molar-refractivity contribution is 6.42. The maximum absolute atomic E-state index is 13.0. The van der Waals surface area contributed by atoms with Crippen molar-refractivity contribution in [1.82, 2.24) is 5.32 Å². The Morgan fingerprint density at radius 1 is 1.41 bits per heavy atom. The van der Waals surface area contributed by atoms with E-state index in [9.17, 15) is 14.7 Å². The summed E-state index contributed by atoms with van der Waals surface area (Å²) >= 11 is 12.7. The van der Waals surface area contributed by atoms with Gasteiger partial charge in [-0.25, -0.2) is 9.59 Å². The molecule has 0 radical (unpaired) electrons. The molecule has 2 rings (SSSR count). The van der Waals surface area contributed by atoms with Crippen LogP contribution in [0.15, 0.2) is 47.0 Å². The highest BCUT2D eigenvalue weighted by Gasteiger charge is 2.38. The molecule has 0 spiro atoms. The summed E-state index contributed by atoms with van der Waals surface area (Å²) in [6.07, 6.45) is 1.14. The third-order valence-electron chi connectivity index (χ3n) is 4.74. The van der Waals surface area contributed by atoms with Gasteiger partial charge in [0, 0.05) is 12.6 Å². The van der Waals surface area contributed by atoms with Crippen molar-refractivity contribution in [3.05, 3.63) is 62.6 Å². The summed E-state index contributed by atoms with van der Waals surface area (Å²) in [5, 5.41) is 13.6. The molecule has 1 aliphatic heterocycles. The monoisotopic (exact) mass is 484 g/mol. The van der Waals surface area contributed by atoms with Crippen molar-refractivity contribution in [2.45, 2.75) is 25.4 Å². The van der Waals surface area contributed by atoms with Gasteiger partial charge in [-0.3, -0.25) is 0 Å². The van der Waals surface area contributed by atoms with E-state index in [1.807, 2.05) is 0 Å². The van der Waals surface area contributed by atoms with Gasteiger partial charge in [0.15, 0.2) is 0 Å². The van der Waals surface area contributed by atoms with Crippen LogP contribution in [-0.2, 0) is 23.8 Å². The maximum atomic E-state index is 13.0. The standard InChI is InChI=1S/C22H26Cl2N2O6/c1-4-32-21(28)18-16(10-31-12-22(2,29)11-25)26-15(8-9-27)20(30-3)17(18)13-6-5-7-14(23)19(13)24/h5-8,17,26,29H,4,10-12,25H2,1-3H3. The fourth-order valence-electron chi connectivity index (χ4n) is 3.18. The summed E-state index contributed by atoms with van der Waals surface area (Å²) < 4.78 is 16.5. The first kappa shape index (κ1) is 25.9. The van der Waals surface area contributed by atoms with Gasteiger partial charge in [-0.15, -0.1) is 0 Å². The second-order valence-corrected chi connectivity index (χ2v) is 8.04. The number of halogens is 2. The molecule has 0 saturated heterocycles. The second-order valence-electron chi connectivity index (χ2n) is 7.25. The number of nitrogens with one attached hydrogen (secondary N) is 1. The van der Waals surface area contributed by atoms with Gasteiger partial charge in [0.1, 0.15) is 11.7 Å². The number of hydrogen-bond acceptors (Lipinski definition) is 8. The van der Waals surface area contributed by atoms with Gasteiger partial charge in [0.25, 0.3) is 0 Å². The Balaban J connectivity index is 2.67. The quantitative estimate of drug-likeness (QED) is 0.342. The Labute approximate surface area is 196 Å². The number of methoxy groups -OCH3 is 1.